The zero-order chi connectivity index (χ0) is 14.5. The first-order valence-electron chi connectivity index (χ1n) is 6.87. The van der Waals surface area contributed by atoms with Gasteiger partial charge in [0, 0.05) is 53.0 Å². The lowest BCUT2D eigenvalue weighted by atomic mass is 10.2. The highest BCUT2D eigenvalue weighted by atomic mass is 16.3. The van der Waals surface area contributed by atoms with E-state index in [4.69, 9.17) is 5.11 Å². The van der Waals surface area contributed by atoms with Gasteiger partial charge in [0.2, 0.25) is 0 Å². The Morgan fingerprint density at radius 2 is 2.00 bits per heavy atom. The minimum atomic E-state index is 0.0338. The monoisotopic (exact) mass is 278 g/mol. The molecule has 6 heteroatoms. The lowest BCUT2D eigenvalue weighted by Gasteiger charge is -2.34. The van der Waals surface area contributed by atoms with Crippen molar-refractivity contribution in [1.29, 1.82) is 0 Å². The van der Waals surface area contributed by atoms with Crippen molar-refractivity contribution in [1.82, 2.24) is 14.8 Å². The second kappa shape index (κ2) is 6.67. The molecule has 1 aliphatic rings. The predicted octanol–water partition coefficient (Wildman–Crippen LogP) is -0.102. The molecule has 20 heavy (non-hydrogen) atoms. The van der Waals surface area contributed by atoms with Crippen molar-refractivity contribution in [3.05, 3.63) is 23.9 Å². The molecule has 0 atom stereocenters. The van der Waals surface area contributed by atoms with Gasteiger partial charge in [0.25, 0.3) is 5.91 Å². The van der Waals surface area contributed by atoms with Crippen LogP contribution in [-0.4, -0.2) is 79.2 Å². The quantitative estimate of drug-likeness (QED) is 0.833. The number of piperazine rings is 1. The third kappa shape index (κ3) is 3.46. The minimum absolute atomic E-state index is 0.0338. The summed E-state index contributed by atoms with van der Waals surface area (Å²) >= 11 is 0. The Hall–Kier alpha value is -1.66. The van der Waals surface area contributed by atoms with Gasteiger partial charge in [-0.15, -0.1) is 0 Å². The number of carbonyl (C=O) groups is 1. The molecule has 1 aliphatic heterocycles. The van der Waals surface area contributed by atoms with Crippen molar-refractivity contribution in [2.24, 2.45) is 0 Å². The number of nitrogens with zero attached hydrogens (tertiary/aromatic N) is 4. The molecule has 1 fully saturated rings. The van der Waals surface area contributed by atoms with Gasteiger partial charge in [0.15, 0.2) is 0 Å². The van der Waals surface area contributed by atoms with Crippen LogP contribution < -0.4 is 4.90 Å². The number of rotatable bonds is 4. The van der Waals surface area contributed by atoms with Crippen LogP contribution in [0.1, 0.15) is 10.4 Å². The molecule has 1 saturated heterocycles. The van der Waals surface area contributed by atoms with Gasteiger partial charge in [-0.1, -0.05) is 0 Å². The predicted molar refractivity (Wildman–Crippen MR) is 78.0 cm³/mol. The van der Waals surface area contributed by atoms with E-state index < -0.39 is 0 Å². The van der Waals surface area contributed by atoms with Gasteiger partial charge in [0.05, 0.1) is 12.2 Å². The van der Waals surface area contributed by atoms with Gasteiger partial charge in [-0.25, -0.2) is 4.98 Å². The number of hydrogen-bond acceptors (Lipinski definition) is 5. The van der Waals surface area contributed by atoms with E-state index in [1.54, 1.807) is 6.20 Å². The fourth-order valence-electron chi connectivity index (χ4n) is 2.28. The number of β-amino-alcohol motifs (C(OH)–C–C–N with tert-alkyl or cyclic N) is 1. The molecule has 0 bridgehead atoms. The highest BCUT2D eigenvalue weighted by molar-refractivity contribution is 5.94. The third-order valence-electron chi connectivity index (χ3n) is 3.53. The molecule has 1 amide bonds. The zero-order valence-corrected chi connectivity index (χ0v) is 12.1. The molecule has 0 aromatic carbocycles. The number of hydrogen-bond donors (Lipinski definition) is 1. The maximum atomic E-state index is 12.3. The van der Waals surface area contributed by atoms with Gasteiger partial charge >= 0.3 is 0 Å². The van der Waals surface area contributed by atoms with Crippen LogP contribution in [0.25, 0.3) is 0 Å². The molecule has 0 aliphatic carbocycles. The van der Waals surface area contributed by atoms with Gasteiger partial charge in [0.1, 0.15) is 5.82 Å². The average molecular weight is 278 g/mol. The summed E-state index contributed by atoms with van der Waals surface area (Å²) < 4.78 is 0. The summed E-state index contributed by atoms with van der Waals surface area (Å²) in [7, 11) is 3.84. The van der Waals surface area contributed by atoms with E-state index in [1.807, 2.05) is 36.0 Å². The van der Waals surface area contributed by atoms with E-state index in [9.17, 15) is 4.79 Å². The number of anilines is 1. The lowest BCUT2D eigenvalue weighted by molar-refractivity contribution is 0.0614. The van der Waals surface area contributed by atoms with Gasteiger partial charge in [-0.3, -0.25) is 9.69 Å². The molecule has 2 rings (SSSR count). The molecular formula is C14H22N4O2. The first-order chi connectivity index (χ1) is 9.61. The summed E-state index contributed by atoms with van der Waals surface area (Å²) in [6.07, 6.45) is 1.64. The number of aliphatic hydroxyl groups excluding tert-OH is 1. The summed E-state index contributed by atoms with van der Waals surface area (Å²) in [5.74, 6) is 0.876. The van der Waals surface area contributed by atoms with Crippen LogP contribution in [0.2, 0.25) is 0 Å². The molecule has 1 N–H and O–H groups in total. The fourth-order valence-corrected chi connectivity index (χ4v) is 2.28. The Morgan fingerprint density at radius 3 is 2.50 bits per heavy atom. The Balaban J connectivity index is 1.95. The van der Waals surface area contributed by atoms with Crippen molar-refractivity contribution < 1.29 is 9.90 Å². The topological polar surface area (TPSA) is 59.9 Å². The van der Waals surface area contributed by atoms with E-state index in [2.05, 4.69) is 9.88 Å². The molecule has 2 heterocycles. The SMILES string of the molecule is CN(C)c1ccc(C(=O)N2CCN(CCO)CC2)cn1. The van der Waals surface area contributed by atoms with Crippen molar-refractivity contribution >= 4 is 11.7 Å². The summed E-state index contributed by atoms with van der Waals surface area (Å²) in [5.41, 5.74) is 0.631. The molecule has 0 spiro atoms. The smallest absolute Gasteiger partial charge is 0.255 e. The van der Waals surface area contributed by atoms with E-state index >= 15 is 0 Å². The van der Waals surface area contributed by atoms with Crippen molar-refractivity contribution in [3.8, 4) is 0 Å². The maximum Gasteiger partial charge on any atom is 0.255 e. The lowest BCUT2D eigenvalue weighted by Crippen LogP contribution is -2.49. The van der Waals surface area contributed by atoms with E-state index in [1.165, 1.54) is 0 Å². The van der Waals surface area contributed by atoms with Crippen molar-refractivity contribution in [3.63, 3.8) is 0 Å². The fraction of sp³-hybridized carbons (Fsp3) is 0.571. The summed E-state index contributed by atoms with van der Waals surface area (Å²) in [4.78, 5) is 22.5. The van der Waals surface area contributed by atoms with Gasteiger partial charge in [-0.05, 0) is 12.1 Å². The van der Waals surface area contributed by atoms with Crippen LogP contribution in [0.4, 0.5) is 5.82 Å². The number of carbonyl (C=O) groups excluding carboxylic acids is 1. The van der Waals surface area contributed by atoms with Crippen LogP contribution >= 0.6 is 0 Å². The standard InChI is InChI=1S/C14H22N4O2/c1-16(2)13-4-3-12(11-15-13)14(20)18-7-5-17(6-8-18)9-10-19/h3-4,11,19H,5-10H2,1-2H3. The van der Waals surface area contributed by atoms with Crippen LogP contribution in [0.5, 0.6) is 0 Å². The molecule has 0 unspecified atom stereocenters. The number of pyridine rings is 1. The van der Waals surface area contributed by atoms with Crippen LogP contribution in [-0.2, 0) is 0 Å². The largest absolute Gasteiger partial charge is 0.395 e. The maximum absolute atomic E-state index is 12.3. The average Bonchev–Trinajstić information content (AvgIpc) is 2.48. The Kier molecular flexibility index (Phi) is 4.92. The number of aliphatic hydroxyl groups is 1. The van der Waals surface area contributed by atoms with Crippen LogP contribution in [0.3, 0.4) is 0 Å². The number of amides is 1. The van der Waals surface area contributed by atoms with Gasteiger partial charge in [-0.2, -0.15) is 0 Å². The molecular weight excluding hydrogens is 256 g/mol. The highest BCUT2D eigenvalue weighted by Gasteiger charge is 2.21. The Bertz CT molecular complexity index is 439. The van der Waals surface area contributed by atoms with E-state index in [-0.39, 0.29) is 12.5 Å². The second-order valence-electron chi connectivity index (χ2n) is 5.16. The number of aromatic nitrogens is 1. The summed E-state index contributed by atoms with van der Waals surface area (Å²) in [6.45, 7) is 3.89. The summed E-state index contributed by atoms with van der Waals surface area (Å²) in [6, 6.07) is 3.68. The molecule has 1 aromatic heterocycles. The van der Waals surface area contributed by atoms with Crippen molar-refractivity contribution in [2.75, 3.05) is 58.3 Å². The highest BCUT2D eigenvalue weighted by Crippen LogP contribution is 2.11. The first kappa shape index (κ1) is 14.7. The van der Waals surface area contributed by atoms with E-state index in [0.717, 1.165) is 18.9 Å². The third-order valence-corrected chi connectivity index (χ3v) is 3.53. The molecule has 0 saturated carbocycles. The first-order valence-corrected chi connectivity index (χ1v) is 6.87. The van der Waals surface area contributed by atoms with Gasteiger partial charge < -0.3 is 14.9 Å². The van der Waals surface area contributed by atoms with Crippen LogP contribution in [0, 0.1) is 0 Å². The van der Waals surface area contributed by atoms with Crippen molar-refractivity contribution in [2.45, 2.75) is 0 Å². The second-order valence-corrected chi connectivity index (χ2v) is 5.16. The normalized spacial score (nSPS) is 16.2. The zero-order valence-electron chi connectivity index (χ0n) is 12.1. The summed E-state index contributed by atoms with van der Waals surface area (Å²) in [5, 5.41) is 8.91. The molecule has 110 valence electrons. The minimum Gasteiger partial charge on any atom is -0.395 e. The van der Waals surface area contributed by atoms with Crippen LogP contribution in [0.15, 0.2) is 18.3 Å². The molecule has 1 aromatic rings. The van der Waals surface area contributed by atoms with E-state index in [0.29, 0.717) is 25.2 Å². The Morgan fingerprint density at radius 1 is 1.30 bits per heavy atom. The molecule has 0 radical (unpaired) electrons. The Labute approximate surface area is 119 Å². The molecule has 6 nitrogen and oxygen atoms in total.